The minimum absolute atomic E-state index is 0.139. The van der Waals surface area contributed by atoms with Crippen molar-refractivity contribution in [3.63, 3.8) is 0 Å². The summed E-state index contributed by atoms with van der Waals surface area (Å²) in [6.45, 7) is 7.52. The topological polar surface area (TPSA) is 58.4 Å². The Morgan fingerprint density at radius 2 is 2.29 bits per heavy atom. The molecule has 1 atom stereocenters. The molecule has 1 amide bonds. The van der Waals surface area contributed by atoms with E-state index in [9.17, 15) is 4.79 Å². The van der Waals surface area contributed by atoms with Gasteiger partial charge in [0.2, 0.25) is 5.91 Å². The molecule has 3 N–H and O–H groups in total. The molecule has 0 aromatic heterocycles. The van der Waals surface area contributed by atoms with Crippen LogP contribution in [0.3, 0.4) is 0 Å². The van der Waals surface area contributed by atoms with Crippen molar-refractivity contribution in [2.24, 2.45) is 5.92 Å². The normalized spacial score (nSPS) is 19.1. The molecule has 0 aliphatic carbocycles. The van der Waals surface area contributed by atoms with Crippen molar-refractivity contribution in [2.75, 3.05) is 25.4 Å². The van der Waals surface area contributed by atoms with Gasteiger partial charge in [0.05, 0.1) is 0 Å². The number of hydrogen-bond acceptors (Lipinski definition) is 3. The Kier molecular flexibility index (Phi) is 5.62. The summed E-state index contributed by atoms with van der Waals surface area (Å²) in [7, 11) is 0. The number of nitrogens with zero attached hydrogens (tertiary/aromatic N) is 1. The molecule has 1 fully saturated rings. The predicted molar refractivity (Wildman–Crippen MR) is 87.0 cm³/mol. The highest BCUT2D eigenvalue weighted by molar-refractivity contribution is 5.76. The summed E-state index contributed by atoms with van der Waals surface area (Å²) in [5, 5.41) is 3.07. The second-order valence-corrected chi connectivity index (χ2v) is 6.29. The van der Waals surface area contributed by atoms with Crippen LogP contribution in [0.2, 0.25) is 0 Å². The van der Waals surface area contributed by atoms with Crippen molar-refractivity contribution < 1.29 is 4.79 Å². The predicted octanol–water partition coefficient (Wildman–Crippen LogP) is 2.05. The largest absolute Gasteiger partial charge is 0.399 e. The first-order valence-electron chi connectivity index (χ1n) is 7.89. The van der Waals surface area contributed by atoms with Crippen molar-refractivity contribution in [1.29, 1.82) is 0 Å². The summed E-state index contributed by atoms with van der Waals surface area (Å²) in [6, 6.07) is 8.35. The minimum atomic E-state index is 0.139. The highest BCUT2D eigenvalue weighted by atomic mass is 16.1. The molecule has 1 aromatic rings. The van der Waals surface area contributed by atoms with Gasteiger partial charge in [-0.1, -0.05) is 12.1 Å². The third kappa shape index (κ3) is 5.05. The van der Waals surface area contributed by atoms with Gasteiger partial charge in [0.25, 0.3) is 0 Å². The van der Waals surface area contributed by atoms with Crippen molar-refractivity contribution in [3.8, 4) is 0 Å². The molecule has 0 bridgehead atoms. The SMILES string of the molecule is CC(C)N1CCC(CNC(=O)CCc2cccc(N)c2)C1. The van der Waals surface area contributed by atoms with E-state index >= 15 is 0 Å². The average Bonchev–Trinajstić information content (AvgIpc) is 2.92. The van der Waals surface area contributed by atoms with E-state index in [0.717, 1.165) is 37.3 Å². The summed E-state index contributed by atoms with van der Waals surface area (Å²) in [5.74, 6) is 0.740. The highest BCUT2D eigenvalue weighted by Gasteiger charge is 2.24. The summed E-state index contributed by atoms with van der Waals surface area (Å²) < 4.78 is 0. The Balaban J connectivity index is 1.66. The molecule has 0 saturated carbocycles. The third-order valence-electron chi connectivity index (χ3n) is 4.23. The zero-order valence-electron chi connectivity index (χ0n) is 13.1. The van der Waals surface area contributed by atoms with Crippen LogP contribution in [-0.2, 0) is 11.2 Å². The third-order valence-corrected chi connectivity index (χ3v) is 4.23. The molecule has 0 radical (unpaired) electrons. The summed E-state index contributed by atoms with van der Waals surface area (Å²) in [6.07, 6.45) is 2.47. The molecule has 21 heavy (non-hydrogen) atoms. The van der Waals surface area contributed by atoms with Crippen molar-refractivity contribution in [2.45, 2.75) is 39.2 Å². The molecular formula is C17H27N3O. The lowest BCUT2D eigenvalue weighted by Crippen LogP contribution is -2.33. The molecule has 4 heteroatoms. The fraction of sp³-hybridized carbons (Fsp3) is 0.588. The van der Waals surface area contributed by atoms with Gasteiger partial charge in [-0.15, -0.1) is 0 Å². The molecule has 116 valence electrons. The van der Waals surface area contributed by atoms with E-state index < -0.39 is 0 Å². The maximum absolute atomic E-state index is 11.9. The van der Waals surface area contributed by atoms with Crippen LogP contribution in [0, 0.1) is 5.92 Å². The van der Waals surface area contributed by atoms with E-state index in [4.69, 9.17) is 5.73 Å². The Morgan fingerprint density at radius 1 is 1.48 bits per heavy atom. The molecule has 1 heterocycles. The van der Waals surface area contributed by atoms with E-state index in [0.29, 0.717) is 18.4 Å². The van der Waals surface area contributed by atoms with Gasteiger partial charge in [0.1, 0.15) is 0 Å². The molecular weight excluding hydrogens is 262 g/mol. The zero-order valence-corrected chi connectivity index (χ0v) is 13.1. The quantitative estimate of drug-likeness (QED) is 0.788. The number of nitrogens with two attached hydrogens (primary N) is 1. The van der Waals surface area contributed by atoms with E-state index in [1.807, 2.05) is 24.3 Å². The van der Waals surface area contributed by atoms with Gasteiger partial charge >= 0.3 is 0 Å². The Hall–Kier alpha value is -1.55. The zero-order chi connectivity index (χ0) is 15.2. The number of anilines is 1. The lowest BCUT2D eigenvalue weighted by Gasteiger charge is -2.20. The van der Waals surface area contributed by atoms with E-state index in [1.54, 1.807) is 0 Å². The fourth-order valence-corrected chi connectivity index (χ4v) is 2.85. The van der Waals surface area contributed by atoms with E-state index in [-0.39, 0.29) is 5.91 Å². The number of likely N-dealkylation sites (tertiary alicyclic amines) is 1. The first-order valence-corrected chi connectivity index (χ1v) is 7.89. The van der Waals surface area contributed by atoms with Gasteiger partial charge in [0, 0.05) is 31.2 Å². The number of carbonyl (C=O) groups excluding carboxylic acids is 1. The Bertz CT molecular complexity index is 473. The highest BCUT2D eigenvalue weighted by Crippen LogP contribution is 2.17. The number of hydrogen-bond donors (Lipinski definition) is 2. The summed E-state index contributed by atoms with van der Waals surface area (Å²) >= 11 is 0. The van der Waals surface area contributed by atoms with Crippen LogP contribution in [-0.4, -0.2) is 36.5 Å². The number of nitrogens with one attached hydrogen (secondary N) is 1. The van der Waals surface area contributed by atoms with Gasteiger partial charge in [0.15, 0.2) is 0 Å². The van der Waals surface area contributed by atoms with Gasteiger partial charge in [-0.05, 0) is 56.8 Å². The fourth-order valence-electron chi connectivity index (χ4n) is 2.85. The maximum atomic E-state index is 11.9. The number of carbonyl (C=O) groups is 1. The lowest BCUT2D eigenvalue weighted by molar-refractivity contribution is -0.121. The van der Waals surface area contributed by atoms with E-state index in [1.165, 1.54) is 6.42 Å². The minimum Gasteiger partial charge on any atom is -0.399 e. The number of rotatable bonds is 6. The van der Waals surface area contributed by atoms with Crippen LogP contribution in [0.25, 0.3) is 0 Å². The summed E-state index contributed by atoms with van der Waals surface area (Å²) in [4.78, 5) is 14.4. The standard InChI is InChI=1S/C17H27N3O/c1-13(2)20-9-8-15(12-20)11-19-17(21)7-6-14-4-3-5-16(18)10-14/h3-5,10,13,15H,6-9,11-12,18H2,1-2H3,(H,19,21). The molecule has 1 aromatic carbocycles. The Labute approximate surface area is 127 Å². The molecule has 1 aliphatic rings. The molecule has 1 unspecified atom stereocenters. The first kappa shape index (κ1) is 15.8. The number of amides is 1. The van der Waals surface area contributed by atoms with Crippen LogP contribution in [0.5, 0.6) is 0 Å². The van der Waals surface area contributed by atoms with Gasteiger partial charge in [-0.2, -0.15) is 0 Å². The van der Waals surface area contributed by atoms with Crippen molar-refractivity contribution >= 4 is 11.6 Å². The van der Waals surface area contributed by atoms with Crippen molar-refractivity contribution in [1.82, 2.24) is 10.2 Å². The number of aryl methyl sites for hydroxylation is 1. The number of nitrogen functional groups attached to an aromatic ring is 1. The molecule has 4 nitrogen and oxygen atoms in total. The van der Waals surface area contributed by atoms with Crippen LogP contribution in [0.1, 0.15) is 32.3 Å². The monoisotopic (exact) mass is 289 g/mol. The second-order valence-electron chi connectivity index (χ2n) is 6.29. The van der Waals surface area contributed by atoms with Crippen LogP contribution < -0.4 is 11.1 Å². The Morgan fingerprint density at radius 3 is 2.95 bits per heavy atom. The summed E-state index contributed by atoms with van der Waals surface area (Å²) in [5.41, 5.74) is 7.62. The molecule has 0 spiro atoms. The van der Waals surface area contributed by atoms with Gasteiger partial charge in [-0.3, -0.25) is 4.79 Å². The smallest absolute Gasteiger partial charge is 0.220 e. The van der Waals surface area contributed by atoms with Crippen LogP contribution in [0.15, 0.2) is 24.3 Å². The van der Waals surface area contributed by atoms with E-state index in [2.05, 4.69) is 24.1 Å². The van der Waals surface area contributed by atoms with Gasteiger partial charge < -0.3 is 16.0 Å². The van der Waals surface area contributed by atoms with Crippen LogP contribution >= 0.6 is 0 Å². The molecule has 2 rings (SSSR count). The second kappa shape index (κ2) is 7.46. The van der Waals surface area contributed by atoms with Crippen molar-refractivity contribution in [3.05, 3.63) is 29.8 Å². The lowest BCUT2D eigenvalue weighted by atomic mass is 10.1. The van der Waals surface area contributed by atoms with Gasteiger partial charge in [-0.25, -0.2) is 0 Å². The maximum Gasteiger partial charge on any atom is 0.220 e. The molecule has 1 saturated heterocycles. The molecule has 1 aliphatic heterocycles. The first-order chi connectivity index (χ1) is 10.0. The van der Waals surface area contributed by atoms with Crippen LogP contribution in [0.4, 0.5) is 5.69 Å². The average molecular weight is 289 g/mol. The number of benzene rings is 1.